The van der Waals surface area contributed by atoms with Crippen molar-refractivity contribution in [2.24, 2.45) is 0 Å². The molecule has 0 amide bonds. The molecule has 1 unspecified atom stereocenters. The topological polar surface area (TPSA) is 45.2 Å². The molecule has 0 aromatic carbocycles. The Morgan fingerprint density at radius 2 is 2.07 bits per heavy atom. The fourth-order valence-corrected chi connectivity index (χ4v) is 1.28. The smallest absolute Gasteiger partial charge is 0.0929 e. The van der Waals surface area contributed by atoms with Crippen LogP contribution < -0.4 is 5.32 Å². The maximum atomic E-state index is 9.91. The Hall–Kier alpha value is -0.930. The molecule has 84 valence electrons. The fourth-order valence-electron chi connectivity index (χ4n) is 1.28. The summed E-state index contributed by atoms with van der Waals surface area (Å²) in [4.78, 5) is 4.06. The molecule has 0 aliphatic carbocycles. The number of hydrogen-bond donors (Lipinski definition) is 2. The molecule has 0 bridgehead atoms. The van der Waals surface area contributed by atoms with Crippen LogP contribution in [0, 0.1) is 6.92 Å². The van der Waals surface area contributed by atoms with Gasteiger partial charge in [0.2, 0.25) is 0 Å². The van der Waals surface area contributed by atoms with Crippen LogP contribution in [0.3, 0.4) is 0 Å². The fraction of sp³-hybridized carbons (Fsp3) is 0.583. The zero-order valence-corrected chi connectivity index (χ0v) is 9.91. The molecule has 0 aliphatic heterocycles. The Balaban J connectivity index is 2.58. The SMILES string of the molecule is Cc1cncc(C(O)CNC(C)(C)C)c1. The number of nitrogens with one attached hydrogen (secondary N) is 1. The standard InChI is InChI=1S/C12H20N2O/c1-9-5-10(7-13-6-9)11(15)8-14-12(2,3)4/h5-7,11,14-15H,8H2,1-4H3. The van der Waals surface area contributed by atoms with Crippen molar-refractivity contribution in [3.05, 3.63) is 29.6 Å². The first-order chi connectivity index (χ1) is 6.88. The number of aliphatic hydroxyl groups is 1. The Bertz CT molecular complexity index is 318. The van der Waals surface area contributed by atoms with Crippen LogP contribution >= 0.6 is 0 Å². The Morgan fingerprint density at radius 1 is 1.40 bits per heavy atom. The number of nitrogens with zero attached hydrogens (tertiary/aromatic N) is 1. The lowest BCUT2D eigenvalue weighted by atomic mass is 10.1. The van der Waals surface area contributed by atoms with E-state index in [9.17, 15) is 5.11 Å². The largest absolute Gasteiger partial charge is 0.387 e. The van der Waals surface area contributed by atoms with Gasteiger partial charge in [0.15, 0.2) is 0 Å². The summed E-state index contributed by atoms with van der Waals surface area (Å²) >= 11 is 0. The molecular weight excluding hydrogens is 188 g/mol. The zero-order valence-electron chi connectivity index (χ0n) is 9.91. The normalized spacial score (nSPS) is 13.9. The molecule has 0 aliphatic rings. The average Bonchev–Trinajstić information content (AvgIpc) is 2.13. The third-order valence-corrected chi connectivity index (χ3v) is 2.11. The van der Waals surface area contributed by atoms with E-state index < -0.39 is 6.10 Å². The van der Waals surface area contributed by atoms with Gasteiger partial charge >= 0.3 is 0 Å². The van der Waals surface area contributed by atoms with Crippen molar-refractivity contribution in [2.75, 3.05) is 6.54 Å². The van der Waals surface area contributed by atoms with Gasteiger partial charge in [0.1, 0.15) is 0 Å². The number of aromatic nitrogens is 1. The molecule has 0 fully saturated rings. The van der Waals surface area contributed by atoms with Gasteiger partial charge in [0.25, 0.3) is 0 Å². The van der Waals surface area contributed by atoms with Gasteiger partial charge in [-0.3, -0.25) is 4.98 Å². The van der Waals surface area contributed by atoms with Crippen molar-refractivity contribution in [3.8, 4) is 0 Å². The molecule has 1 aromatic rings. The number of pyridine rings is 1. The van der Waals surface area contributed by atoms with E-state index in [0.29, 0.717) is 6.54 Å². The van der Waals surface area contributed by atoms with E-state index in [1.165, 1.54) is 0 Å². The zero-order chi connectivity index (χ0) is 11.5. The summed E-state index contributed by atoms with van der Waals surface area (Å²) in [5.74, 6) is 0. The molecule has 1 rings (SSSR count). The van der Waals surface area contributed by atoms with Gasteiger partial charge in [0, 0.05) is 30.0 Å². The van der Waals surface area contributed by atoms with Gasteiger partial charge in [-0.1, -0.05) is 6.07 Å². The van der Waals surface area contributed by atoms with E-state index in [2.05, 4.69) is 31.1 Å². The van der Waals surface area contributed by atoms with Crippen molar-refractivity contribution >= 4 is 0 Å². The average molecular weight is 208 g/mol. The molecule has 0 saturated heterocycles. The van der Waals surface area contributed by atoms with E-state index in [-0.39, 0.29) is 5.54 Å². The van der Waals surface area contributed by atoms with Crippen LogP contribution in [0.1, 0.15) is 38.0 Å². The molecule has 3 nitrogen and oxygen atoms in total. The summed E-state index contributed by atoms with van der Waals surface area (Å²) in [6, 6.07) is 1.96. The molecule has 3 heteroatoms. The summed E-state index contributed by atoms with van der Waals surface area (Å²) in [6.07, 6.45) is 3.01. The second-order valence-corrected chi connectivity index (χ2v) is 4.94. The monoisotopic (exact) mass is 208 g/mol. The number of β-amino-alcohol motifs (C(OH)–C–C–N with tert-alkyl or cyclic N) is 1. The number of hydrogen-bond acceptors (Lipinski definition) is 3. The van der Waals surface area contributed by atoms with Crippen molar-refractivity contribution in [3.63, 3.8) is 0 Å². The van der Waals surface area contributed by atoms with Gasteiger partial charge in [-0.2, -0.15) is 0 Å². The van der Waals surface area contributed by atoms with Crippen molar-refractivity contribution in [1.82, 2.24) is 10.3 Å². The molecular formula is C12H20N2O. The second kappa shape index (κ2) is 4.73. The molecule has 0 spiro atoms. The Kier molecular flexibility index (Phi) is 3.83. The quantitative estimate of drug-likeness (QED) is 0.796. The first-order valence-electron chi connectivity index (χ1n) is 5.23. The minimum Gasteiger partial charge on any atom is -0.387 e. The van der Waals surface area contributed by atoms with Crippen LogP contribution in [0.4, 0.5) is 0 Å². The van der Waals surface area contributed by atoms with Crippen molar-refractivity contribution < 1.29 is 5.11 Å². The number of aryl methyl sites for hydroxylation is 1. The second-order valence-electron chi connectivity index (χ2n) is 4.94. The van der Waals surface area contributed by atoms with E-state index in [1.54, 1.807) is 12.4 Å². The minimum absolute atomic E-state index is 0.0260. The van der Waals surface area contributed by atoms with E-state index in [4.69, 9.17) is 0 Å². The van der Waals surface area contributed by atoms with E-state index in [0.717, 1.165) is 11.1 Å². The minimum atomic E-state index is -0.489. The Labute approximate surface area is 91.5 Å². The summed E-state index contributed by atoms with van der Waals surface area (Å²) < 4.78 is 0. The maximum Gasteiger partial charge on any atom is 0.0929 e. The van der Waals surface area contributed by atoms with Crippen LogP contribution in [0.2, 0.25) is 0 Å². The van der Waals surface area contributed by atoms with Gasteiger partial charge in [-0.05, 0) is 33.3 Å². The first kappa shape index (κ1) is 12.1. The molecule has 1 heterocycles. The number of aliphatic hydroxyl groups excluding tert-OH is 1. The highest BCUT2D eigenvalue weighted by Crippen LogP contribution is 2.13. The first-order valence-corrected chi connectivity index (χ1v) is 5.23. The van der Waals surface area contributed by atoms with Crippen molar-refractivity contribution in [2.45, 2.75) is 39.3 Å². The van der Waals surface area contributed by atoms with Crippen LogP contribution in [0.15, 0.2) is 18.5 Å². The van der Waals surface area contributed by atoms with Gasteiger partial charge in [-0.25, -0.2) is 0 Å². The lowest BCUT2D eigenvalue weighted by Crippen LogP contribution is -2.38. The maximum absolute atomic E-state index is 9.91. The predicted molar refractivity (Wildman–Crippen MR) is 61.7 cm³/mol. The molecule has 1 atom stereocenters. The summed E-state index contributed by atoms with van der Waals surface area (Å²) in [5.41, 5.74) is 1.96. The van der Waals surface area contributed by atoms with Crippen LogP contribution in [0.25, 0.3) is 0 Å². The third kappa shape index (κ3) is 4.40. The lowest BCUT2D eigenvalue weighted by Gasteiger charge is -2.23. The molecule has 0 saturated carbocycles. The molecule has 15 heavy (non-hydrogen) atoms. The highest BCUT2D eigenvalue weighted by molar-refractivity contribution is 5.19. The summed E-state index contributed by atoms with van der Waals surface area (Å²) in [7, 11) is 0. The predicted octanol–water partition coefficient (Wildman–Crippen LogP) is 1.81. The van der Waals surface area contributed by atoms with Gasteiger partial charge in [-0.15, -0.1) is 0 Å². The van der Waals surface area contributed by atoms with E-state index >= 15 is 0 Å². The lowest BCUT2D eigenvalue weighted by molar-refractivity contribution is 0.163. The summed E-state index contributed by atoms with van der Waals surface area (Å²) in [6.45, 7) is 8.76. The number of rotatable bonds is 3. The van der Waals surface area contributed by atoms with Crippen LogP contribution in [-0.2, 0) is 0 Å². The molecule has 0 radical (unpaired) electrons. The summed E-state index contributed by atoms with van der Waals surface area (Å²) in [5, 5.41) is 13.2. The highest BCUT2D eigenvalue weighted by atomic mass is 16.3. The van der Waals surface area contributed by atoms with Crippen molar-refractivity contribution in [1.29, 1.82) is 0 Å². The van der Waals surface area contributed by atoms with Gasteiger partial charge in [0.05, 0.1) is 6.10 Å². The third-order valence-electron chi connectivity index (χ3n) is 2.11. The van der Waals surface area contributed by atoms with Gasteiger partial charge < -0.3 is 10.4 Å². The van der Waals surface area contributed by atoms with E-state index in [1.807, 2.05) is 13.0 Å². The van der Waals surface area contributed by atoms with Crippen LogP contribution in [0.5, 0.6) is 0 Å². The van der Waals surface area contributed by atoms with Crippen LogP contribution in [-0.4, -0.2) is 22.2 Å². The highest BCUT2D eigenvalue weighted by Gasteiger charge is 2.13. The molecule has 1 aromatic heterocycles. The molecule has 2 N–H and O–H groups in total. The Morgan fingerprint density at radius 3 is 2.60 bits per heavy atom.